The Morgan fingerprint density at radius 3 is 2.20 bits per heavy atom. The molecule has 236 valence electrons. The maximum Gasteiger partial charge on any atom is 0.264 e. The Kier molecular flexibility index (Phi) is 11.2. The van der Waals surface area contributed by atoms with E-state index in [1.807, 2.05) is 13.0 Å². The van der Waals surface area contributed by atoms with Gasteiger partial charge in [0.15, 0.2) is 0 Å². The van der Waals surface area contributed by atoms with Crippen LogP contribution in [0.15, 0.2) is 77.7 Å². The molecule has 3 aromatic carbocycles. The fraction of sp³-hybridized carbons (Fsp3) is 0.394. The largest absolute Gasteiger partial charge is 0.497 e. The zero-order valence-electron chi connectivity index (χ0n) is 25.4. The Bertz CT molecular complexity index is 1510. The Balaban J connectivity index is 1.71. The lowest BCUT2D eigenvalue weighted by Crippen LogP contribution is -2.54. The first-order chi connectivity index (χ1) is 21.2. The van der Waals surface area contributed by atoms with Crippen LogP contribution in [0.2, 0.25) is 0 Å². The number of methoxy groups -OCH3 is 2. The predicted molar refractivity (Wildman–Crippen MR) is 167 cm³/mol. The van der Waals surface area contributed by atoms with Gasteiger partial charge in [-0.15, -0.1) is 0 Å². The molecule has 0 aromatic heterocycles. The van der Waals surface area contributed by atoms with E-state index in [2.05, 4.69) is 5.32 Å². The number of rotatable bonds is 13. The number of nitrogens with one attached hydrogen (secondary N) is 1. The maximum atomic E-state index is 14.2. The van der Waals surface area contributed by atoms with Crippen LogP contribution in [0.25, 0.3) is 0 Å². The molecule has 0 saturated heterocycles. The molecule has 1 aliphatic rings. The van der Waals surface area contributed by atoms with Gasteiger partial charge in [0.2, 0.25) is 11.8 Å². The fourth-order valence-electron chi connectivity index (χ4n) is 5.44. The van der Waals surface area contributed by atoms with Gasteiger partial charge >= 0.3 is 0 Å². The molecule has 2 amide bonds. The van der Waals surface area contributed by atoms with Crippen LogP contribution in [0.5, 0.6) is 11.5 Å². The summed E-state index contributed by atoms with van der Waals surface area (Å²) in [6, 6.07) is 17.0. The number of hydrogen-bond donors (Lipinski definition) is 1. The highest BCUT2D eigenvalue weighted by atomic mass is 32.2. The van der Waals surface area contributed by atoms with Gasteiger partial charge in [-0.3, -0.25) is 13.9 Å². The third-order valence-electron chi connectivity index (χ3n) is 7.87. The van der Waals surface area contributed by atoms with E-state index < -0.39 is 34.3 Å². The molecule has 3 aromatic rings. The maximum absolute atomic E-state index is 14.2. The minimum atomic E-state index is -4.29. The van der Waals surface area contributed by atoms with Crippen molar-refractivity contribution < 1.29 is 31.9 Å². The second-order valence-electron chi connectivity index (χ2n) is 10.8. The molecule has 0 spiro atoms. The Morgan fingerprint density at radius 2 is 1.59 bits per heavy atom. The average Bonchev–Trinajstić information content (AvgIpc) is 3.04. The molecule has 44 heavy (non-hydrogen) atoms. The molecule has 1 unspecified atom stereocenters. The molecule has 1 saturated carbocycles. The highest BCUT2D eigenvalue weighted by Gasteiger charge is 2.34. The number of nitrogens with zero attached hydrogens (tertiary/aromatic N) is 2. The fourth-order valence-corrected chi connectivity index (χ4v) is 6.86. The standard InChI is InChI=1S/C33H40FN3O6S/c1-4-31(33(39)35-26-10-6-5-7-11-26)36(22-24-9-8-12-29(21-24)43-3)32(38)23-37(27-15-13-25(34)14-16-27)44(40,41)30-19-17-28(42-2)18-20-30/h8-9,12-21,26,31H,4-7,10-11,22-23H2,1-3H3,(H,35,39). The van der Waals surface area contributed by atoms with Crippen molar-refractivity contribution in [3.8, 4) is 11.5 Å². The minimum Gasteiger partial charge on any atom is -0.497 e. The summed E-state index contributed by atoms with van der Waals surface area (Å²) >= 11 is 0. The smallest absolute Gasteiger partial charge is 0.264 e. The molecule has 1 fully saturated rings. The zero-order chi connectivity index (χ0) is 31.7. The van der Waals surface area contributed by atoms with Gasteiger partial charge in [0.1, 0.15) is 29.9 Å². The highest BCUT2D eigenvalue weighted by Crippen LogP contribution is 2.27. The van der Waals surface area contributed by atoms with Crippen molar-refractivity contribution in [2.75, 3.05) is 25.1 Å². The van der Waals surface area contributed by atoms with E-state index >= 15 is 0 Å². The van der Waals surface area contributed by atoms with E-state index in [0.29, 0.717) is 23.5 Å². The van der Waals surface area contributed by atoms with Crippen LogP contribution in [0, 0.1) is 5.82 Å². The third-order valence-corrected chi connectivity index (χ3v) is 9.65. The Labute approximate surface area is 259 Å². The van der Waals surface area contributed by atoms with Gasteiger partial charge in [-0.1, -0.05) is 38.3 Å². The number of ether oxygens (including phenoxy) is 2. The van der Waals surface area contributed by atoms with E-state index in [-0.39, 0.29) is 29.1 Å². The number of carbonyl (C=O) groups excluding carboxylic acids is 2. The lowest BCUT2D eigenvalue weighted by atomic mass is 9.95. The summed E-state index contributed by atoms with van der Waals surface area (Å²) in [5.74, 6) is -0.356. The average molecular weight is 626 g/mol. The second kappa shape index (κ2) is 15.1. The number of sulfonamides is 1. The summed E-state index contributed by atoms with van der Waals surface area (Å²) in [6.07, 6.45) is 5.27. The first-order valence-corrected chi connectivity index (χ1v) is 16.3. The molecule has 0 aliphatic heterocycles. The van der Waals surface area contributed by atoms with Gasteiger partial charge in [0, 0.05) is 12.6 Å². The van der Waals surface area contributed by atoms with Crippen molar-refractivity contribution >= 4 is 27.5 Å². The van der Waals surface area contributed by atoms with Crippen molar-refractivity contribution in [2.24, 2.45) is 0 Å². The van der Waals surface area contributed by atoms with Crippen molar-refractivity contribution in [2.45, 2.75) is 69.0 Å². The first-order valence-electron chi connectivity index (χ1n) is 14.8. The molecule has 0 heterocycles. The van der Waals surface area contributed by atoms with E-state index in [4.69, 9.17) is 9.47 Å². The number of benzene rings is 3. The van der Waals surface area contributed by atoms with E-state index in [9.17, 15) is 22.4 Å². The molecule has 0 radical (unpaired) electrons. The number of carbonyl (C=O) groups is 2. The van der Waals surface area contributed by atoms with Crippen LogP contribution in [-0.2, 0) is 26.2 Å². The number of hydrogen-bond acceptors (Lipinski definition) is 6. The number of anilines is 1. The molecule has 1 aliphatic carbocycles. The van der Waals surface area contributed by atoms with Gasteiger partial charge < -0.3 is 19.7 Å². The molecular formula is C33H40FN3O6S. The van der Waals surface area contributed by atoms with Crippen LogP contribution in [0.3, 0.4) is 0 Å². The summed E-state index contributed by atoms with van der Waals surface area (Å²) in [5.41, 5.74) is 0.824. The molecule has 0 bridgehead atoms. The van der Waals surface area contributed by atoms with Crippen LogP contribution in [-0.4, -0.2) is 58.0 Å². The third kappa shape index (κ3) is 8.07. The monoisotopic (exact) mass is 625 g/mol. The van der Waals surface area contributed by atoms with E-state index in [0.717, 1.165) is 48.5 Å². The molecule has 9 nitrogen and oxygen atoms in total. The van der Waals surface area contributed by atoms with Crippen LogP contribution >= 0.6 is 0 Å². The van der Waals surface area contributed by atoms with Crippen molar-refractivity contribution in [3.63, 3.8) is 0 Å². The lowest BCUT2D eigenvalue weighted by molar-refractivity contribution is -0.140. The van der Waals surface area contributed by atoms with Crippen LogP contribution < -0.4 is 19.1 Å². The number of amides is 2. The zero-order valence-corrected chi connectivity index (χ0v) is 26.2. The van der Waals surface area contributed by atoms with Gasteiger partial charge in [-0.05, 0) is 85.5 Å². The molecule has 4 rings (SSSR count). The summed E-state index contributed by atoms with van der Waals surface area (Å²) in [7, 11) is -1.28. The summed E-state index contributed by atoms with van der Waals surface area (Å²) < 4.78 is 53.3. The summed E-state index contributed by atoms with van der Waals surface area (Å²) in [6.45, 7) is 1.26. The van der Waals surface area contributed by atoms with E-state index in [1.165, 1.54) is 48.4 Å². The summed E-state index contributed by atoms with van der Waals surface area (Å²) in [4.78, 5) is 29.3. The Hall–Kier alpha value is -4.12. The topological polar surface area (TPSA) is 105 Å². The summed E-state index contributed by atoms with van der Waals surface area (Å²) in [5, 5.41) is 3.13. The van der Waals surface area contributed by atoms with E-state index in [1.54, 1.807) is 25.3 Å². The lowest BCUT2D eigenvalue weighted by Gasteiger charge is -2.34. The minimum absolute atomic E-state index is 0.0326. The second-order valence-corrected chi connectivity index (χ2v) is 12.7. The van der Waals surface area contributed by atoms with Gasteiger partial charge in [-0.2, -0.15) is 0 Å². The van der Waals surface area contributed by atoms with Gasteiger partial charge in [0.25, 0.3) is 10.0 Å². The molecule has 1 atom stereocenters. The SMILES string of the molecule is CCC(C(=O)NC1CCCCC1)N(Cc1cccc(OC)c1)C(=O)CN(c1ccc(F)cc1)S(=O)(=O)c1ccc(OC)cc1. The quantitative estimate of drug-likeness (QED) is 0.277. The van der Waals surface area contributed by atoms with Crippen LogP contribution in [0.1, 0.15) is 51.0 Å². The van der Waals surface area contributed by atoms with Crippen molar-refractivity contribution in [1.29, 1.82) is 0 Å². The molecular weight excluding hydrogens is 585 g/mol. The van der Waals surface area contributed by atoms with Crippen molar-refractivity contribution in [3.05, 3.63) is 84.2 Å². The van der Waals surface area contributed by atoms with Gasteiger partial charge in [0.05, 0.1) is 24.8 Å². The first kappa shape index (κ1) is 32.8. The highest BCUT2D eigenvalue weighted by molar-refractivity contribution is 7.92. The molecule has 11 heteroatoms. The van der Waals surface area contributed by atoms with Crippen molar-refractivity contribution in [1.82, 2.24) is 10.2 Å². The van der Waals surface area contributed by atoms with Gasteiger partial charge in [-0.25, -0.2) is 12.8 Å². The normalized spacial score (nSPS) is 14.4. The molecule has 1 N–H and O–H groups in total. The Morgan fingerprint density at radius 1 is 0.932 bits per heavy atom. The predicted octanol–water partition coefficient (Wildman–Crippen LogP) is 5.29. The van der Waals surface area contributed by atoms with Crippen LogP contribution in [0.4, 0.5) is 10.1 Å². The number of halogens is 1.